The second-order valence-corrected chi connectivity index (χ2v) is 10.4. The predicted molar refractivity (Wildman–Crippen MR) is 107 cm³/mol. The Morgan fingerprint density at radius 2 is 1.72 bits per heavy atom. The number of nitrogens with zero attached hydrogens (tertiary/aromatic N) is 1. The molecule has 2 aliphatic heterocycles. The highest BCUT2D eigenvalue weighted by atomic mass is 32.2. The fourth-order valence-corrected chi connectivity index (χ4v) is 6.63. The average Bonchev–Trinajstić information content (AvgIpc) is 3.39. The molecule has 8 heteroatoms. The van der Waals surface area contributed by atoms with Crippen molar-refractivity contribution < 1.29 is 22.3 Å². The lowest BCUT2D eigenvalue weighted by atomic mass is 9.88. The van der Waals surface area contributed by atoms with Gasteiger partial charge in [0.2, 0.25) is 15.9 Å². The van der Waals surface area contributed by atoms with Crippen LogP contribution < -0.4 is 4.72 Å². The molecule has 1 aromatic rings. The van der Waals surface area contributed by atoms with Crippen molar-refractivity contribution in [3.8, 4) is 0 Å². The first kappa shape index (κ1) is 20.8. The molecule has 0 aromatic heterocycles. The lowest BCUT2D eigenvalue weighted by Gasteiger charge is -2.25. The number of hydrogen-bond donors (Lipinski definition) is 1. The third-order valence-electron chi connectivity index (χ3n) is 6.53. The van der Waals surface area contributed by atoms with Crippen LogP contribution in [0.4, 0.5) is 4.39 Å². The molecule has 3 fully saturated rings. The van der Waals surface area contributed by atoms with E-state index in [9.17, 15) is 17.6 Å². The number of benzene rings is 1. The van der Waals surface area contributed by atoms with Gasteiger partial charge in [-0.2, -0.15) is 0 Å². The van der Waals surface area contributed by atoms with Crippen molar-refractivity contribution >= 4 is 15.9 Å². The maximum atomic E-state index is 13.4. The van der Waals surface area contributed by atoms with Crippen LogP contribution in [-0.4, -0.2) is 56.8 Å². The summed E-state index contributed by atoms with van der Waals surface area (Å²) in [5, 5.41) is -0.436. The summed E-state index contributed by atoms with van der Waals surface area (Å²) in [5.74, 6) is -0.595. The largest absolute Gasteiger partial charge is 0.381 e. The highest BCUT2D eigenvalue weighted by molar-refractivity contribution is 7.90. The van der Waals surface area contributed by atoms with Crippen molar-refractivity contribution in [1.29, 1.82) is 0 Å². The zero-order chi connectivity index (χ0) is 20.4. The normalized spacial score (nSPS) is 28.7. The van der Waals surface area contributed by atoms with Gasteiger partial charge < -0.3 is 9.64 Å². The number of amides is 1. The van der Waals surface area contributed by atoms with Crippen LogP contribution in [0.2, 0.25) is 0 Å². The number of halogens is 1. The lowest BCUT2D eigenvalue weighted by molar-refractivity contribution is -0.134. The Hall–Kier alpha value is -1.51. The van der Waals surface area contributed by atoms with E-state index in [1.165, 1.54) is 12.1 Å². The highest BCUT2D eigenvalue weighted by Crippen LogP contribution is 2.42. The summed E-state index contributed by atoms with van der Waals surface area (Å²) in [4.78, 5) is 15.1. The van der Waals surface area contributed by atoms with Gasteiger partial charge in [-0.05, 0) is 62.1 Å². The Morgan fingerprint density at radius 3 is 2.38 bits per heavy atom. The molecule has 1 aromatic carbocycles. The summed E-state index contributed by atoms with van der Waals surface area (Å²) in [6.45, 7) is 2.46. The number of sulfonamides is 1. The van der Waals surface area contributed by atoms with Crippen molar-refractivity contribution in [3.63, 3.8) is 0 Å². The summed E-state index contributed by atoms with van der Waals surface area (Å²) in [7, 11) is -3.46. The quantitative estimate of drug-likeness (QED) is 0.788. The number of hydrogen-bond acceptors (Lipinski definition) is 4. The van der Waals surface area contributed by atoms with E-state index in [-0.39, 0.29) is 29.6 Å². The minimum absolute atomic E-state index is 0.101. The zero-order valence-corrected chi connectivity index (χ0v) is 17.4. The third kappa shape index (κ3) is 4.64. The summed E-state index contributed by atoms with van der Waals surface area (Å²) in [6.07, 6.45) is 4.07. The van der Waals surface area contributed by atoms with E-state index in [1.54, 1.807) is 12.1 Å². The van der Waals surface area contributed by atoms with Crippen LogP contribution in [0.1, 0.15) is 50.0 Å². The van der Waals surface area contributed by atoms with E-state index in [2.05, 4.69) is 4.72 Å². The molecular weight excluding hydrogens is 395 g/mol. The Morgan fingerprint density at radius 1 is 1.07 bits per heavy atom. The molecule has 0 bridgehead atoms. The molecule has 2 heterocycles. The molecule has 1 N–H and O–H groups in total. The smallest absolute Gasteiger partial charge is 0.226 e. The summed E-state index contributed by atoms with van der Waals surface area (Å²) in [6, 6.07) is 5.98. The first-order valence-electron chi connectivity index (χ1n) is 10.6. The van der Waals surface area contributed by atoms with Gasteiger partial charge in [0, 0.05) is 38.3 Å². The van der Waals surface area contributed by atoms with Gasteiger partial charge in [0.25, 0.3) is 0 Å². The molecule has 3 atom stereocenters. The Kier molecular flexibility index (Phi) is 6.22. The van der Waals surface area contributed by atoms with Gasteiger partial charge in [-0.1, -0.05) is 12.1 Å². The number of ether oxygens (including phenoxy) is 1. The molecule has 2 saturated heterocycles. The van der Waals surface area contributed by atoms with E-state index < -0.39 is 15.3 Å². The topological polar surface area (TPSA) is 75.7 Å². The van der Waals surface area contributed by atoms with Crippen molar-refractivity contribution in [2.45, 2.75) is 55.7 Å². The average molecular weight is 425 g/mol. The van der Waals surface area contributed by atoms with E-state index in [0.29, 0.717) is 38.9 Å². The molecule has 0 unspecified atom stereocenters. The molecule has 4 rings (SSSR count). The highest BCUT2D eigenvalue weighted by Gasteiger charge is 2.43. The van der Waals surface area contributed by atoms with Gasteiger partial charge in [-0.3, -0.25) is 4.79 Å². The minimum Gasteiger partial charge on any atom is -0.381 e. The summed E-state index contributed by atoms with van der Waals surface area (Å²) < 4.78 is 47.3. The maximum Gasteiger partial charge on any atom is 0.226 e. The molecule has 160 valence electrons. The molecule has 1 aliphatic carbocycles. The molecule has 1 amide bonds. The van der Waals surface area contributed by atoms with E-state index in [0.717, 1.165) is 31.5 Å². The van der Waals surface area contributed by atoms with Crippen LogP contribution in [0.3, 0.4) is 0 Å². The van der Waals surface area contributed by atoms with Crippen LogP contribution >= 0.6 is 0 Å². The van der Waals surface area contributed by atoms with Crippen LogP contribution in [0.15, 0.2) is 24.3 Å². The van der Waals surface area contributed by atoms with E-state index >= 15 is 0 Å². The van der Waals surface area contributed by atoms with Gasteiger partial charge >= 0.3 is 0 Å². The standard InChI is InChI=1S/C21H29FN2O4S/c22-16-5-3-15(4-6-16)19-13-17(14-20(19)21(25)24-9-1-2-10-24)23-29(26,27)18-7-11-28-12-8-18/h3-6,17-20,23H,1-2,7-14H2/t17-,19+,20-/m0/s1. The molecule has 0 radical (unpaired) electrons. The summed E-state index contributed by atoms with van der Waals surface area (Å²) >= 11 is 0. The Bertz CT molecular complexity index is 818. The molecule has 0 spiro atoms. The Balaban J connectivity index is 1.52. The van der Waals surface area contributed by atoms with Crippen molar-refractivity contribution in [2.75, 3.05) is 26.3 Å². The van der Waals surface area contributed by atoms with E-state index in [4.69, 9.17) is 4.74 Å². The molecule has 3 aliphatic rings. The van der Waals surface area contributed by atoms with Crippen LogP contribution in [0, 0.1) is 11.7 Å². The van der Waals surface area contributed by atoms with Crippen molar-refractivity contribution in [1.82, 2.24) is 9.62 Å². The van der Waals surface area contributed by atoms with Crippen molar-refractivity contribution in [2.24, 2.45) is 5.92 Å². The summed E-state index contributed by atoms with van der Waals surface area (Å²) in [5.41, 5.74) is 0.900. The molecule has 29 heavy (non-hydrogen) atoms. The second-order valence-electron chi connectivity index (χ2n) is 8.44. The number of nitrogens with one attached hydrogen (secondary N) is 1. The fraction of sp³-hybridized carbons (Fsp3) is 0.667. The van der Waals surface area contributed by atoms with Gasteiger partial charge in [0.05, 0.1) is 5.25 Å². The number of rotatable bonds is 5. The van der Waals surface area contributed by atoms with Crippen LogP contribution in [0.25, 0.3) is 0 Å². The van der Waals surface area contributed by atoms with Gasteiger partial charge in [-0.15, -0.1) is 0 Å². The third-order valence-corrected chi connectivity index (χ3v) is 8.54. The number of likely N-dealkylation sites (tertiary alicyclic amines) is 1. The van der Waals surface area contributed by atoms with E-state index in [1.807, 2.05) is 4.90 Å². The lowest BCUT2D eigenvalue weighted by Crippen LogP contribution is -2.42. The predicted octanol–water partition coefficient (Wildman–Crippen LogP) is 2.41. The zero-order valence-electron chi connectivity index (χ0n) is 16.6. The second kappa shape index (κ2) is 8.70. The molecule has 6 nitrogen and oxygen atoms in total. The SMILES string of the molecule is O=C([C@H]1C[C@@H](NS(=O)(=O)C2CCOCC2)C[C@@H]1c1ccc(F)cc1)N1CCCC1. The monoisotopic (exact) mass is 424 g/mol. The minimum atomic E-state index is -3.46. The van der Waals surface area contributed by atoms with Gasteiger partial charge in [0.15, 0.2) is 0 Å². The first-order chi connectivity index (χ1) is 13.9. The molecule has 1 saturated carbocycles. The van der Waals surface area contributed by atoms with Crippen molar-refractivity contribution in [3.05, 3.63) is 35.6 Å². The Labute approximate surface area is 171 Å². The number of carbonyl (C=O) groups excluding carboxylic acids is 1. The molecular formula is C21H29FN2O4S. The van der Waals surface area contributed by atoms with Gasteiger partial charge in [0.1, 0.15) is 5.82 Å². The number of carbonyl (C=O) groups is 1. The maximum absolute atomic E-state index is 13.4. The first-order valence-corrected chi connectivity index (χ1v) is 12.1. The van der Waals surface area contributed by atoms with Crippen LogP contribution in [0.5, 0.6) is 0 Å². The van der Waals surface area contributed by atoms with Crippen LogP contribution in [-0.2, 0) is 19.6 Å². The van der Waals surface area contributed by atoms with Gasteiger partial charge in [-0.25, -0.2) is 17.5 Å². The fourth-order valence-electron chi connectivity index (χ4n) is 4.97.